The van der Waals surface area contributed by atoms with Crippen LogP contribution in [0.3, 0.4) is 0 Å². The number of nitrogens with two attached hydrogens (primary N) is 1. The number of H-pyrrole nitrogens is 1. The fraction of sp³-hybridized carbons (Fsp3) is 0.150. The maximum Gasteiger partial charge on any atom is 0.291 e. The van der Waals surface area contributed by atoms with Gasteiger partial charge in [-0.3, -0.25) is 15.3 Å². The lowest BCUT2D eigenvalue weighted by Gasteiger charge is -2.07. The van der Waals surface area contributed by atoms with E-state index in [0.29, 0.717) is 28.7 Å². The summed E-state index contributed by atoms with van der Waals surface area (Å²) in [7, 11) is 1.83. The van der Waals surface area contributed by atoms with Crippen LogP contribution in [-0.2, 0) is 20.0 Å². The van der Waals surface area contributed by atoms with Crippen molar-refractivity contribution < 1.29 is 0 Å². The second kappa shape index (κ2) is 7.67. The first kappa shape index (κ1) is 19.5. The molecule has 0 amide bonds. The van der Waals surface area contributed by atoms with Gasteiger partial charge in [0.1, 0.15) is 5.52 Å². The van der Waals surface area contributed by atoms with E-state index < -0.39 is 0 Å². The zero-order valence-corrected chi connectivity index (χ0v) is 18.1. The Bertz CT molecular complexity index is 1490. The number of hydrogen-bond acceptors (Lipinski definition) is 8. The molecule has 0 aliphatic rings. The number of nitrogens with zero attached hydrogens (tertiary/aromatic N) is 5. The summed E-state index contributed by atoms with van der Waals surface area (Å²) >= 11 is 2.67. The molecule has 11 heteroatoms. The summed E-state index contributed by atoms with van der Waals surface area (Å²) in [6.07, 6.45) is 5.72. The van der Waals surface area contributed by atoms with Gasteiger partial charge in [-0.15, -0.1) is 11.3 Å². The summed E-state index contributed by atoms with van der Waals surface area (Å²) in [5.74, 6) is 0. The molecule has 9 nitrogen and oxygen atoms in total. The maximum atomic E-state index is 13.2. The first-order valence-electron chi connectivity index (χ1n) is 9.41. The van der Waals surface area contributed by atoms with Crippen molar-refractivity contribution in [3.63, 3.8) is 0 Å². The largest absolute Gasteiger partial charge is 0.375 e. The lowest BCUT2D eigenvalue weighted by molar-refractivity contribution is 0.646. The first-order valence-corrected chi connectivity index (χ1v) is 11.1. The quantitative estimate of drug-likeness (QED) is 0.214. The summed E-state index contributed by atoms with van der Waals surface area (Å²) in [4.78, 5) is 18.2. The van der Waals surface area contributed by atoms with Gasteiger partial charge < -0.3 is 10.3 Å². The Morgan fingerprint density at radius 2 is 2.19 bits per heavy atom. The molecular formula is C20H18N8OS2. The minimum atomic E-state index is -0.175. The number of anilines is 1. The minimum absolute atomic E-state index is 0.175. The van der Waals surface area contributed by atoms with Crippen molar-refractivity contribution in [1.82, 2.24) is 29.5 Å². The monoisotopic (exact) mass is 450 g/mol. The summed E-state index contributed by atoms with van der Waals surface area (Å²) < 4.78 is 3.26. The molecule has 0 radical (unpaired) electrons. The molecule has 0 bridgehead atoms. The number of nitrogen functional groups attached to an aromatic ring is 1. The summed E-state index contributed by atoms with van der Waals surface area (Å²) in [5, 5.41) is 24.2. The SMILES string of the molecule is Cn1cc(SC(=N)Cc2csc(N)n2)c2cnn(Cc3cccc4[nH]ncc34)c(=O)c21. The predicted molar refractivity (Wildman–Crippen MR) is 124 cm³/mol. The van der Waals surface area contributed by atoms with E-state index in [-0.39, 0.29) is 5.56 Å². The molecule has 1 aromatic carbocycles. The number of fused-ring (bicyclic) bond motifs is 2. The van der Waals surface area contributed by atoms with E-state index >= 15 is 0 Å². The number of benzene rings is 1. The van der Waals surface area contributed by atoms with Crippen LogP contribution in [0.15, 0.2) is 51.9 Å². The van der Waals surface area contributed by atoms with Crippen LogP contribution in [0.4, 0.5) is 5.13 Å². The third-order valence-electron chi connectivity index (χ3n) is 4.99. The Labute approximate surface area is 184 Å². The van der Waals surface area contributed by atoms with Crippen molar-refractivity contribution in [2.24, 2.45) is 7.05 Å². The van der Waals surface area contributed by atoms with Crippen LogP contribution < -0.4 is 11.3 Å². The molecule has 4 aromatic heterocycles. The standard InChI is InChI=1S/C20H18N8OS2/c1-27-9-16(31-17(21)5-12-10-30-20(22)25-12)14-7-24-28(19(29)18(14)27)8-11-3-2-4-15-13(11)6-23-26-15/h2-4,6-7,9-10,21H,5,8H2,1H3,(H2,22,25)(H,23,26). The average molecular weight is 451 g/mol. The van der Waals surface area contributed by atoms with Crippen LogP contribution >= 0.6 is 23.1 Å². The van der Waals surface area contributed by atoms with Gasteiger partial charge in [0.05, 0.1) is 35.2 Å². The highest BCUT2D eigenvalue weighted by Crippen LogP contribution is 2.29. The predicted octanol–water partition coefficient (Wildman–Crippen LogP) is 3.01. The minimum Gasteiger partial charge on any atom is -0.375 e. The van der Waals surface area contributed by atoms with E-state index in [0.717, 1.165) is 32.4 Å². The summed E-state index contributed by atoms with van der Waals surface area (Å²) in [6, 6.07) is 5.84. The molecule has 4 N–H and O–H groups in total. The van der Waals surface area contributed by atoms with Crippen molar-refractivity contribution >= 4 is 55.1 Å². The molecule has 0 saturated heterocycles. The van der Waals surface area contributed by atoms with E-state index in [4.69, 9.17) is 11.1 Å². The fourth-order valence-corrected chi connectivity index (χ4v) is 5.09. The lowest BCUT2D eigenvalue weighted by Crippen LogP contribution is -2.24. The number of hydrogen-bond donors (Lipinski definition) is 3. The second-order valence-electron chi connectivity index (χ2n) is 7.10. The number of aryl methyl sites for hydroxylation is 1. The molecule has 0 aliphatic carbocycles. The van der Waals surface area contributed by atoms with Crippen LogP contribution in [0.5, 0.6) is 0 Å². The third-order valence-corrected chi connectivity index (χ3v) is 6.65. The zero-order chi connectivity index (χ0) is 21.5. The highest BCUT2D eigenvalue weighted by molar-refractivity contribution is 8.14. The molecule has 156 valence electrons. The number of rotatable bonds is 5. The molecule has 5 rings (SSSR count). The molecule has 0 unspecified atom stereocenters. The lowest BCUT2D eigenvalue weighted by atomic mass is 10.1. The van der Waals surface area contributed by atoms with Crippen molar-refractivity contribution in [1.29, 1.82) is 5.41 Å². The molecule has 0 atom stereocenters. The van der Waals surface area contributed by atoms with E-state index in [1.165, 1.54) is 27.8 Å². The van der Waals surface area contributed by atoms with Crippen LogP contribution in [-0.4, -0.2) is 34.6 Å². The van der Waals surface area contributed by atoms with Crippen LogP contribution in [0.1, 0.15) is 11.3 Å². The van der Waals surface area contributed by atoms with Gasteiger partial charge in [-0.05, 0) is 11.6 Å². The van der Waals surface area contributed by atoms with E-state index in [2.05, 4.69) is 20.3 Å². The van der Waals surface area contributed by atoms with E-state index in [9.17, 15) is 4.79 Å². The Morgan fingerprint density at radius 1 is 1.32 bits per heavy atom. The molecule has 5 aromatic rings. The Balaban J connectivity index is 1.45. The number of thioether (sulfide) groups is 1. The fourth-order valence-electron chi connectivity index (χ4n) is 3.57. The van der Waals surface area contributed by atoms with Crippen molar-refractivity contribution in [3.8, 4) is 0 Å². The number of aromatic nitrogens is 6. The van der Waals surface area contributed by atoms with Gasteiger partial charge in [0.25, 0.3) is 5.56 Å². The maximum absolute atomic E-state index is 13.2. The molecule has 0 aliphatic heterocycles. The molecule has 31 heavy (non-hydrogen) atoms. The number of nitrogens with one attached hydrogen (secondary N) is 2. The topological polar surface area (TPSA) is 131 Å². The molecular weight excluding hydrogens is 432 g/mol. The third kappa shape index (κ3) is 3.62. The van der Waals surface area contributed by atoms with Crippen molar-refractivity contribution in [2.75, 3.05) is 5.73 Å². The molecule has 0 fully saturated rings. The van der Waals surface area contributed by atoms with Gasteiger partial charge in [0, 0.05) is 40.7 Å². The second-order valence-corrected chi connectivity index (χ2v) is 9.13. The van der Waals surface area contributed by atoms with Crippen molar-refractivity contribution in [2.45, 2.75) is 17.9 Å². The summed E-state index contributed by atoms with van der Waals surface area (Å²) in [6.45, 7) is 0.348. The van der Waals surface area contributed by atoms with Crippen LogP contribution in [0, 0.1) is 5.41 Å². The van der Waals surface area contributed by atoms with Crippen molar-refractivity contribution in [3.05, 3.63) is 63.8 Å². The first-order chi connectivity index (χ1) is 15.0. The van der Waals surface area contributed by atoms with Gasteiger partial charge in [-0.2, -0.15) is 10.2 Å². The number of thiazole rings is 1. The Kier molecular flexibility index (Phi) is 4.83. The molecule has 0 saturated carbocycles. The Morgan fingerprint density at radius 3 is 3.00 bits per heavy atom. The van der Waals surface area contributed by atoms with Gasteiger partial charge in [0.2, 0.25) is 0 Å². The van der Waals surface area contributed by atoms with E-state index in [1.54, 1.807) is 17.0 Å². The molecule has 4 heterocycles. The highest BCUT2D eigenvalue weighted by atomic mass is 32.2. The number of aromatic amines is 1. The Hall–Kier alpha value is -3.44. The smallest absolute Gasteiger partial charge is 0.291 e. The zero-order valence-electron chi connectivity index (χ0n) is 16.5. The average Bonchev–Trinajstić information content (AvgIpc) is 3.44. The van der Waals surface area contributed by atoms with E-state index in [1.807, 2.05) is 36.8 Å². The van der Waals surface area contributed by atoms with Gasteiger partial charge in [-0.25, -0.2) is 9.67 Å². The van der Waals surface area contributed by atoms with Crippen LogP contribution in [0.25, 0.3) is 21.8 Å². The molecule has 0 spiro atoms. The summed E-state index contributed by atoms with van der Waals surface area (Å²) in [5.41, 5.74) is 8.71. The van der Waals surface area contributed by atoms with Gasteiger partial charge in [-0.1, -0.05) is 23.9 Å². The normalized spacial score (nSPS) is 11.5. The van der Waals surface area contributed by atoms with Gasteiger partial charge >= 0.3 is 0 Å². The highest BCUT2D eigenvalue weighted by Gasteiger charge is 2.16. The van der Waals surface area contributed by atoms with Crippen LogP contribution in [0.2, 0.25) is 0 Å². The van der Waals surface area contributed by atoms with Gasteiger partial charge in [0.15, 0.2) is 5.13 Å².